The van der Waals surface area contributed by atoms with E-state index in [4.69, 9.17) is 19.3 Å². The standard InChI is InChI=1S/C11H17N3O8/c15-2-7-10(16)8(13-18)9(14-19)11(22-7)21-6-1-5(12-17)3-20-4-6/h5-11,15-16H,1-4H2/t5-,6+,7-,8-,9-,10-,11-/m0/s1. The van der Waals surface area contributed by atoms with E-state index in [0.717, 1.165) is 0 Å². The second-order valence-corrected chi connectivity index (χ2v) is 5.20. The minimum Gasteiger partial charge on any atom is -0.394 e. The van der Waals surface area contributed by atoms with E-state index in [2.05, 4.69) is 15.5 Å². The Labute approximate surface area is 124 Å². The topological polar surface area (TPSA) is 156 Å². The van der Waals surface area contributed by atoms with Crippen LogP contribution < -0.4 is 0 Å². The van der Waals surface area contributed by atoms with Gasteiger partial charge in [0.15, 0.2) is 18.4 Å². The molecular weight excluding hydrogens is 302 g/mol. The van der Waals surface area contributed by atoms with E-state index in [9.17, 15) is 19.8 Å². The van der Waals surface area contributed by atoms with Crippen LogP contribution in [0.1, 0.15) is 6.42 Å². The Morgan fingerprint density at radius 3 is 2.41 bits per heavy atom. The molecule has 0 unspecified atom stereocenters. The number of nitroso groups, excluding NO2 is 3. The summed E-state index contributed by atoms with van der Waals surface area (Å²) in [6, 6.07) is -3.33. The molecule has 124 valence electrons. The Morgan fingerprint density at radius 1 is 1.09 bits per heavy atom. The highest BCUT2D eigenvalue weighted by Gasteiger charge is 2.49. The third-order valence-electron chi connectivity index (χ3n) is 3.72. The van der Waals surface area contributed by atoms with Crippen molar-refractivity contribution in [2.45, 2.75) is 49.1 Å². The molecule has 0 bridgehead atoms. The minimum atomic E-state index is -1.46. The molecule has 7 atom stereocenters. The van der Waals surface area contributed by atoms with E-state index in [1.807, 2.05) is 0 Å². The number of aliphatic hydroxyl groups excluding tert-OH is 2. The van der Waals surface area contributed by atoms with E-state index in [1.165, 1.54) is 0 Å². The lowest BCUT2D eigenvalue weighted by Crippen LogP contribution is -2.58. The predicted octanol–water partition coefficient (Wildman–Crippen LogP) is -0.725. The van der Waals surface area contributed by atoms with Crippen molar-refractivity contribution in [2.75, 3.05) is 19.8 Å². The molecule has 0 aromatic carbocycles. The van der Waals surface area contributed by atoms with Gasteiger partial charge < -0.3 is 24.4 Å². The maximum Gasteiger partial charge on any atom is 0.186 e. The molecule has 11 heteroatoms. The number of aliphatic hydroxyl groups is 2. The Bertz CT molecular complexity index is 411. The maximum absolute atomic E-state index is 11.0. The molecule has 0 spiro atoms. The summed E-state index contributed by atoms with van der Waals surface area (Å²) in [4.78, 5) is 32.4. The second-order valence-electron chi connectivity index (χ2n) is 5.20. The van der Waals surface area contributed by atoms with Crippen LogP contribution in [0.5, 0.6) is 0 Å². The molecule has 2 heterocycles. The van der Waals surface area contributed by atoms with Gasteiger partial charge in [-0.25, -0.2) is 0 Å². The first-order chi connectivity index (χ1) is 10.6. The van der Waals surface area contributed by atoms with E-state index in [0.29, 0.717) is 0 Å². The zero-order valence-electron chi connectivity index (χ0n) is 11.6. The van der Waals surface area contributed by atoms with Crippen LogP contribution in [-0.4, -0.2) is 72.8 Å². The molecule has 22 heavy (non-hydrogen) atoms. The second kappa shape index (κ2) is 7.74. The average molecular weight is 319 g/mol. The highest BCUT2D eigenvalue weighted by atomic mass is 16.7. The molecule has 2 rings (SSSR count). The van der Waals surface area contributed by atoms with Crippen molar-refractivity contribution >= 4 is 0 Å². The first-order valence-electron chi connectivity index (χ1n) is 6.79. The smallest absolute Gasteiger partial charge is 0.186 e. The number of rotatable bonds is 6. The van der Waals surface area contributed by atoms with Crippen LogP contribution in [0.3, 0.4) is 0 Å². The summed E-state index contributed by atoms with van der Waals surface area (Å²) in [7, 11) is 0. The van der Waals surface area contributed by atoms with Crippen LogP contribution in [-0.2, 0) is 14.2 Å². The normalized spacial score (nSPS) is 42.5. The molecule has 0 aliphatic carbocycles. The molecular formula is C11H17N3O8. The van der Waals surface area contributed by atoms with E-state index in [1.54, 1.807) is 0 Å². The van der Waals surface area contributed by atoms with Gasteiger partial charge in [-0.05, 0) is 0 Å². The maximum atomic E-state index is 11.0. The van der Waals surface area contributed by atoms with E-state index in [-0.39, 0.29) is 19.6 Å². The Hall–Kier alpha value is -1.40. The third-order valence-corrected chi connectivity index (χ3v) is 3.72. The molecule has 2 aliphatic heterocycles. The number of hydrogen-bond acceptors (Lipinski definition) is 11. The summed E-state index contributed by atoms with van der Waals surface area (Å²) in [6.45, 7) is -0.248. The van der Waals surface area contributed by atoms with Crippen molar-refractivity contribution in [1.29, 1.82) is 0 Å². The average Bonchev–Trinajstić information content (AvgIpc) is 2.55. The zero-order chi connectivity index (χ0) is 16.1. The quantitative estimate of drug-likeness (QED) is 0.607. The van der Waals surface area contributed by atoms with Gasteiger partial charge >= 0.3 is 0 Å². The largest absolute Gasteiger partial charge is 0.394 e. The van der Waals surface area contributed by atoms with Crippen LogP contribution >= 0.6 is 0 Å². The van der Waals surface area contributed by atoms with E-state index < -0.39 is 49.3 Å². The van der Waals surface area contributed by atoms with Gasteiger partial charge in [0.1, 0.15) is 18.2 Å². The molecule has 2 fully saturated rings. The summed E-state index contributed by atoms with van der Waals surface area (Å²) in [5.74, 6) is 0. The van der Waals surface area contributed by atoms with E-state index >= 15 is 0 Å². The highest BCUT2D eigenvalue weighted by molar-refractivity contribution is 4.98. The Morgan fingerprint density at radius 2 is 1.82 bits per heavy atom. The van der Waals surface area contributed by atoms with Gasteiger partial charge in [0, 0.05) is 6.42 Å². The van der Waals surface area contributed by atoms with Gasteiger partial charge in [-0.15, -0.1) is 0 Å². The number of ether oxygens (including phenoxy) is 3. The molecule has 2 aliphatic rings. The summed E-state index contributed by atoms with van der Waals surface area (Å²) in [6.07, 6.45) is -4.19. The lowest BCUT2D eigenvalue weighted by Gasteiger charge is -2.40. The molecule has 2 saturated heterocycles. The van der Waals surface area contributed by atoms with Crippen molar-refractivity contribution in [1.82, 2.24) is 0 Å². The van der Waals surface area contributed by atoms with Crippen LogP contribution in [0.4, 0.5) is 0 Å². The fraction of sp³-hybridized carbons (Fsp3) is 1.00. The van der Waals surface area contributed by atoms with Crippen molar-refractivity contribution in [2.24, 2.45) is 15.5 Å². The van der Waals surface area contributed by atoms with Gasteiger partial charge in [-0.1, -0.05) is 15.5 Å². The first kappa shape index (κ1) is 17.0. The summed E-state index contributed by atoms with van der Waals surface area (Å²) in [5.41, 5.74) is 0. The van der Waals surface area contributed by atoms with Crippen molar-refractivity contribution in [3.8, 4) is 0 Å². The third kappa shape index (κ3) is 3.50. The highest BCUT2D eigenvalue weighted by Crippen LogP contribution is 2.28. The number of nitrogens with zero attached hydrogens (tertiary/aromatic N) is 3. The number of hydrogen-bond donors (Lipinski definition) is 2. The molecule has 0 aromatic rings. The first-order valence-corrected chi connectivity index (χ1v) is 6.79. The van der Waals surface area contributed by atoms with Gasteiger partial charge in [-0.3, -0.25) is 0 Å². The fourth-order valence-corrected chi connectivity index (χ4v) is 2.55. The molecule has 0 saturated carbocycles. The van der Waals surface area contributed by atoms with Gasteiger partial charge in [-0.2, -0.15) is 14.7 Å². The molecule has 2 N–H and O–H groups in total. The minimum absolute atomic E-state index is 0.156. The predicted molar refractivity (Wildman–Crippen MR) is 70.8 cm³/mol. The molecule has 0 radical (unpaired) electrons. The summed E-state index contributed by atoms with van der Waals surface area (Å²) >= 11 is 0. The lowest BCUT2D eigenvalue weighted by atomic mass is 9.95. The Kier molecular flexibility index (Phi) is 5.97. The van der Waals surface area contributed by atoms with Gasteiger partial charge in [0.25, 0.3) is 0 Å². The van der Waals surface area contributed by atoms with Crippen LogP contribution in [0.25, 0.3) is 0 Å². The van der Waals surface area contributed by atoms with Crippen molar-refractivity contribution in [3.05, 3.63) is 14.7 Å². The van der Waals surface area contributed by atoms with Gasteiger partial charge in [0.2, 0.25) is 0 Å². The van der Waals surface area contributed by atoms with Crippen molar-refractivity contribution in [3.63, 3.8) is 0 Å². The Balaban J connectivity index is 2.07. The molecule has 0 aromatic heterocycles. The summed E-state index contributed by atoms with van der Waals surface area (Å²) in [5, 5.41) is 27.3. The molecule has 11 nitrogen and oxygen atoms in total. The fourth-order valence-electron chi connectivity index (χ4n) is 2.55. The lowest BCUT2D eigenvalue weighted by molar-refractivity contribution is -0.265. The van der Waals surface area contributed by atoms with Crippen LogP contribution in [0.2, 0.25) is 0 Å². The van der Waals surface area contributed by atoms with Crippen molar-refractivity contribution < 1.29 is 24.4 Å². The molecule has 0 amide bonds. The zero-order valence-corrected chi connectivity index (χ0v) is 11.6. The van der Waals surface area contributed by atoms with Crippen LogP contribution in [0.15, 0.2) is 15.5 Å². The van der Waals surface area contributed by atoms with Gasteiger partial charge in [0.05, 0.1) is 25.9 Å². The summed E-state index contributed by atoms with van der Waals surface area (Å²) < 4.78 is 16.0. The van der Waals surface area contributed by atoms with Crippen LogP contribution in [0, 0.1) is 14.7 Å². The SMILES string of the molecule is O=N[C@@H]1COC[C@H](O[C@H]2O[C@@H](CO)[C@H](O)[C@@H](N=O)[C@@H]2N=O)C1. The monoisotopic (exact) mass is 319 g/mol.